The highest BCUT2D eigenvalue weighted by atomic mass is 16.5. The molecule has 6 heteroatoms. The highest BCUT2D eigenvalue weighted by Gasteiger charge is 2.17. The second-order valence-corrected chi connectivity index (χ2v) is 5.14. The Kier molecular flexibility index (Phi) is 5.89. The van der Waals surface area contributed by atoms with Crippen LogP contribution in [0.2, 0.25) is 0 Å². The van der Waals surface area contributed by atoms with Crippen molar-refractivity contribution in [3.05, 3.63) is 42.5 Å². The summed E-state index contributed by atoms with van der Waals surface area (Å²) in [4.78, 5) is 12.3. The summed E-state index contributed by atoms with van der Waals surface area (Å²) in [5.41, 5.74) is 1.45. The summed E-state index contributed by atoms with van der Waals surface area (Å²) in [6, 6.07) is 12.4. The third kappa shape index (κ3) is 4.10. The van der Waals surface area contributed by atoms with Crippen LogP contribution in [0.1, 0.15) is 6.92 Å². The molecule has 0 aliphatic heterocycles. The number of rotatable bonds is 7. The Labute approximate surface area is 141 Å². The van der Waals surface area contributed by atoms with Crippen molar-refractivity contribution >= 4 is 17.3 Å². The average molecular weight is 330 g/mol. The number of para-hydroxylation sites is 1. The van der Waals surface area contributed by atoms with Crippen LogP contribution >= 0.6 is 0 Å². The lowest BCUT2D eigenvalue weighted by Crippen LogP contribution is -2.31. The summed E-state index contributed by atoms with van der Waals surface area (Å²) in [6.07, 6.45) is 0. The Balaban J connectivity index is 2.13. The van der Waals surface area contributed by atoms with E-state index in [1.807, 2.05) is 30.3 Å². The summed E-state index contributed by atoms with van der Waals surface area (Å²) in [7, 11) is 4.64. The Morgan fingerprint density at radius 3 is 2.00 bits per heavy atom. The van der Waals surface area contributed by atoms with Crippen LogP contribution in [0.4, 0.5) is 11.4 Å². The number of benzene rings is 2. The van der Waals surface area contributed by atoms with Gasteiger partial charge in [-0.3, -0.25) is 4.79 Å². The van der Waals surface area contributed by atoms with Gasteiger partial charge < -0.3 is 24.8 Å². The van der Waals surface area contributed by atoms with E-state index in [0.717, 1.165) is 5.69 Å². The Morgan fingerprint density at radius 1 is 0.917 bits per heavy atom. The van der Waals surface area contributed by atoms with Gasteiger partial charge in [0.25, 0.3) is 0 Å². The molecule has 6 nitrogen and oxygen atoms in total. The van der Waals surface area contributed by atoms with Gasteiger partial charge in [0.1, 0.15) is 6.04 Å². The molecule has 2 aromatic carbocycles. The van der Waals surface area contributed by atoms with E-state index < -0.39 is 6.04 Å². The maximum atomic E-state index is 12.3. The predicted octanol–water partition coefficient (Wildman–Crippen LogP) is 3.15. The Bertz CT molecular complexity index is 664. The van der Waals surface area contributed by atoms with Gasteiger partial charge in [0, 0.05) is 23.5 Å². The summed E-state index contributed by atoms with van der Waals surface area (Å²) in [5.74, 6) is 1.41. The van der Waals surface area contributed by atoms with Crippen molar-refractivity contribution in [2.45, 2.75) is 13.0 Å². The maximum absolute atomic E-state index is 12.3. The van der Waals surface area contributed by atoms with Crippen LogP contribution < -0.4 is 24.8 Å². The molecule has 2 N–H and O–H groups in total. The summed E-state index contributed by atoms with van der Waals surface area (Å²) >= 11 is 0. The van der Waals surface area contributed by atoms with E-state index in [9.17, 15) is 4.79 Å². The number of carbonyl (C=O) groups excluding carboxylic acids is 1. The second-order valence-electron chi connectivity index (χ2n) is 5.14. The van der Waals surface area contributed by atoms with E-state index in [4.69, 9.17) is 14.2 Å². The minimum absolute atomic E-state index is 0.144. The fourth-order valence-corrected chi connectivity index (χ4v) is 2.25. The number of hydrogen-bond acceptors (Lipinski definition) is 5. The Morgan fingerprint density at radius 2 is 1.50 bits per heavy atom. The Hall–Kier alpha value is -2.89. The monoisotopic (exact) mass is 330 g/mol. The number of amides is 1. The van der Waals surface area contributed by atoms with E-state index in [1.165, 1.54) is 0 Å². The van der Waals surface area contributed by atoms with Crippen LogP contribution in [0.25, 0.3) is 0 Å². The van der Waals surface area contributed by atoms with Gasteiger partial charge in [0.05, 0.1) is 21.3 Å². The van der Waals surface area contributed by atoms with Gasteiger partial charge >= 0.3 is 0 Å². The van der Waals surface area contributed by atoms with Gasteiger partial charge in [-0.05, 0) is 19.1 Å². The van der Waals surface area contributed by atoms with E-state index in [2.05, 4.69) is 10.6 Å². The quantitative estimate of drug-likeness (QED) is 0.816. The molecule has 1 amide bonds. The molecule has 2 rings (SSSR count). The first-order chi connectivity index (χ1) is 11.6. The van der Waals surface area contributed by atoms with Crippen molar-refractivity contribution in [2.24, 2.45) is 0 Å². The lowest BCUT2D eigenvalue weighted by Gasteiger charge is -2.18. The molecule has 0 fully saturated rings. The van der Waals surface area contributed by atoms with Gasteiger partial charge in [-0.2, -0.15) is 0 Å². The normalized spacial score (nSPS) is 11.3. The van der Waals surface area contributed by atoms with Crippen LogP contribution in [0, 0.1) is 0 Å². The SMILES string of the molecule is COc1cc(N[C@@H](C)C(=O)Nc2ccccc2)cc(OC)c1OC. The van der Waals surface area contributed by atoms with Crippen molar-refractivity contribution in [2.75, 3.05) is 32.0 Å². The minimum atomic E-state index is -0.451. The zero-order chi connectivity index (χ0) is 17.5. The summed E-state index contributed by atoms with van der Waals surface area (Å²) < 4.78 is 15.9. The highest BCUT2D eigenvalue weighted by molar-refractivity contribution is 5.96. The molecule has 0 aliphatic rings. The topological polar surface area (TPSA) is 68.8 Å². The zero-order valence-electron chi connectivity index (χ0n) is 14.3. The largest absolute Gasteiger partial charge is 0.493 e. The van der Waals surface area contributed by atoms with E-state index in [1.54, 1.807) is 40.4 Å². The van der Waals surface area contributed by atoms with E-state index in [0.29, 0.717) is 22.9 Å². The molecule has 0 aliphatic carbocycles. The van der Waals surface area contributed by atoms with Crippen molar-refractivity contribution in [3.63, 3.8) is 0 Å². The van der Waals surface area contributed by atoms with Crippen molar-refractivity contribution < 1.29 is 19.0 Å². The molecule has 0 saturated heterocycles. The van der Waals surface area contributed by atoms with Gasteiger partial charge in [0.15, 0.2) is 11.5 Å². The number of carbonyl (C=O) groups is 1. The van der Waals surface area contributed by atoms with E-state index in [-0.39, 0.29) is 5.91 Å². The fraction of sp³-hybridized carbons (Fsp3) is 0.278. The second kappa shape index (κ2) is 8.10. The van der Waals surface area contributed by atoms with Crippen LogP contribution in [0.15, 0.2) is 42.5 Å². The van der Waals surface area contributed by atoms with Crippen LogP contribution in [0.3, 0.4) is 0 Å². The maximum Gasteiger partial charge on any atom is 0.246 e. The average Bonchev–Trinajstić information content (AvgIpc) is 2.61. The molecule has 1 atom stereocenters. The lowest BCUT2D eigenvalue weighted by molar-refractivity contribution is -0.116. The standard InChI is InChI=1S/C18H22N2O4/c1-12(18(21)20-13-8-6-5-7-9-13)19-14-10-15(22-2)17(24-4)16(11-14)23-3/h5-12,19H,1-4H3,(H,20,21)/t12-/m0/s1. The van der Waals surface area contributed by atoms with Crippen LogP contribution in [-0.4, -0.2) is 33.3 Å². The molecule has 0 saturated carbocycles. The minimum Gasteiger partial charge on any atom is -0.493 e. The molecule has 0 heterocycles. The first kappa shape index (κ1) is 17.5. The fourth-order valence-electron chi connectivity index (χ4n) is 2.25. The van der Waals surface area contributed by atoms with Gasteiger partial charge in [-0.25, -0.2) is 0 Å². The van der Waals surface area contributed by atoms with Gasteiger partial charge in [-0.15, -0.1) is 0 Å². The van der Waals surface area contributed by atoms with Crippen LogP contribution in [0.5, 0.6) is 17.2 Å². The first-order valence-electron chi connectivity index (χ1n) is 7.51. The number of hydrogen-bond donors (Lipinski definition) is 2. The molecular weight excluding hydrogens is 308 g/mol. The number of nitrogens with one attached hydrogen (secondary N) is 2. The van der Waals surface area contributed by atoms with E-state index >= 15 is 0 Å². The third-order valence-electron chi connectivity index (χ3n) is 3.48. The van der Waals surface area contributed by atoms with Gasteiger partial charge in [0.2, 0.25) is 11.7 Å². The summed E-state index contributed by atoms with van der Waals surface area (Å²) in [6.45, 7) is 1.78. The number of anilines is 2. The molecular formula is C18H22N2O4. The smallest absolute Gasteiger partial charge is 0.246 e. The number of methoxy groups -OCH3 is 3. The van der Waals surface area contributed by atoms with Crippen molar-refractivity contribution in [3.8, 4) is 17.2 Å². The highest BCUT2D eigenvalue weighted by Crippen LogP contribution is 2.40. The third-order valence-corrected chi connectivity index (χ3v) is 3.48. The number of ether oxygens (including phenoxy) is 3. The molecule has 0 unspecified atom stereocenters. The predicted molar refractivity (Wildman–Crippen MR) is 94.3 cm³/mol. The molecule has 0 spiro atoms. The van der Waals surface area contributed by atoms with Crippen molar-refractivity contribution in [1.82, 2.24) is 0 Å². The van der Waals surface area contributed by atoms with Crippen LogP contribution in [-0.2, 0) is 4.79 Å². The van der Waals surface area contributed by atoms with Gasteiger partial charge in [-0.1, -0.05) is 18.2 Å². The van der Waals surface area contributed by atoms with Crippen molar-refractivity contribution in [1.29, 1.82) is 0 Å². The lowest BCUT2D eigenvalue weighted by atomic mass is 10.2. The molecule has 0 aromatic heterocycles. The molecule has 0 radical (unpaired) electrons. The zero-order valence-corrected chi connectivity index (χ0v) is 14.3. The summed E-state index contributed by atoms with van der Waals surface area (Å²) in [5, 5.41) is 5.99. The first-order valence-corrected chi connectivity index (χ1v) is 7.51. The molecule has 2 aromatic rings. The molecule has 24 heavy (non-hydrogen) atoms. The molecule has 128 valence electrons. The molecule has 0 bridgehead atoms.